The van der Waals surface area contributed by atoms with Gasteiger partial charge < -0.3 is 15.6 Å². The summed E-state index contributed by atoms with van der Waals surface area (Å²) in [6.07, 6.45) is 0. The highest BCUT2D eigenvalue weighted by Gasteiger charge is 2.26. The standard InChI is InChI=1S/C22H20N2O3/c1-22(2,3)18-10-16(24)11-19(20(18)21(25)26)27-17-7-6-14-8-13(12-23)4-5-15(14)9-17/h4-11H,24H2,1-3H3,(H,25,26). The molecule has 5 nitrogen and oxygen atoms in total. The summed E-state index contributed by atoms with van der Waals surface area (Å²) in [5.74, 6) is -0.352. The van der Waals surface area contributed by atoms with E-state index in [0.29, 0.717) is 22.6 Å². The molecule has 136 valence electrons. The van der Waals surface area contributed by atoms with Crippen molar-refractivity contribution in [2.24, 2.45) is 0 Å². The molecule has 0 aliphatic heterocycles. The number of nitrogens with two attached hydrogens (primary N) is 1. The monoisotopic (exact) mass is 360 g/mol. The van der Waals surface area contributed by atoms with Crippen LogP contribution >= 0.6 is 0 Å². The van der Waals surface area contributed by atoms with Crippen LogP contribution in [-0.4, -0.2) is 11.1 Å². The molecule has 0 aliphatic rings. The van der Waals surface area contributed by atoms with Crippen molar-refractivity contribution in [1.29, 1.82) is 5.26 Å². The molecular formula is C22H20N2O3. The maximum atomic E-state index is 11.9. The summed E-state index contributed by atoms with van der Waals surface area (Å²) in [6.45, 7) is 5.79. The van der Waals surface area contributed by atoms with E-state index in [2.05, 4.69) is 6.07 Å². The third-order valence-corrected chi connectivity index (χ3v) is 4.31. The normalized spacial score (nSPS) is 11.2. The van der Waals surface area contributed by atoms with Gasteiger partial charge in [-0.3, -0.25) is 0 Å². The predicted molar refractivity (Wildman–Crippen MR) is 105 cm³/mol. The fraction of sp³-hybridized carbons (Fsp3) is 0.182. The molecule has 0 radical (unpaired) electrons. The number of fused-ring (bicyclic) bond motifs is 1. The van der Waals surface area contributed by atoms with E-state index < -0.39 is 11.4 Å². The number of hydrogen-bond acceptors (Lipinski definition) is 4. The molecule has 0 heterocycles. The molecule has 3 rings (SSSR count). The Hall–Kier alpha value is -3.52. The van der Waals surface area contributed by atoms with Crippen LogP contribution in [0.25, 0.3) is 10.8 Å². The van der Waals surface area contributed by atoms with Gasteiger partial charge >= 0.3 is 5.97 Å². The van der Waals surface area contributed by atoms with Crippen molar-refractivity contribution < 1.29 is 14.6 Å². The van der Waals surface area contributed by atoms with Gasteiger partial charge in [0, 0.05) is 11.8 Å². The van der Waals surface area contributed by atoms with E-state index in [4.69, 9.17) is 15.7 Å². The SMILES string of the molecule is CC(C)(C)c1cc(N)cc(Oc2ccc3cc(C#N)ccc3c2)c1C(=O)O. The van der Waals surface area contributed by atoms with Crippen LogP contribution in [0.4, 0.5) is 5.69 Å². The Morgan fingerprint density at radius 2 is 1.74 bits per heavy atom. The highest BCUT2D eigenvalue weighted by atomic mass is 16.5. The van der Waals surface area contributed by atoms with Gasteiger partial charge in [-0.2, -0.15) is 5.26 Å². The van der Waals surface area contributed by atoms with Crippen molar-refractivity contribution in [2.45, 2.75) is 26.2 Å². The summed E-state index contributed by atoms with van der Waals surface area (Å²) in [6, 6.07) is 16.1. The Morgan fingerprint density at radius 1 is 1.07 bits per heavy atom. The highest BCUT2D eigenvalue weighted by Crippen LogP contribution is 2.37. The van der Waals surface area contributed by atoms with Gasteiger partial charge in [-0.25, -0.2) is 4.79 Å². The molecule has 0 saturated heterocycles. The first-order valence-electron chi connectivity index (χ1n) is 8.48. The average molecular weight is 360 g/mol. The van der Waals surface area contributed by atoms with Gasteiger partial charge in [-0.05, 0) is 52.1 Å². The lowest BCUT2D eigenvalue weighted by molar-refractivity contribution is 0.0691. The van der Waals surface area contributed by atoms with Gasteiger partial charge in [0.2, 0.25) is 0 Å². The molecule has 3 N–H and O–H groups in total. The van der Waals surface area contributed by atoms with E-state index in [9.17, 15) is 9.90 Å². The van der Waals surface area contributed by atoms with Crippen LogP contribution in [0.3, 0.4) is 0 Å². The number of carbonyl (C=O) groups is 1. The zero-order valence-electron chi connectivity index (χ0n) is 15.4. The van der Waals surface area contributed by atoms with Crippen LogP contribution in [-0.2, 0) is 5.41 Å². The van der Waals surface area contributed by atoms with Crippen LogP contribution in [0.2, 0.25) is 0 Å². The van der Waals surface area contributed by atoms with Crippen LogP contribution in [0.5, 0.6) is 11.5 Å². The lowest BCUT2D eigenvalue weighted by Gasteiger charge is -2.24. The first-order valence-corrected chi connectivity index (χ1v) is 8.48. The first-order chi connectivity index (χ1) is 12.7. The molecule has 0 aromatic heterocycles. The lowest BCUT2D eigenvalue weighted by atomic mass is 9.83. The largest absolute Gasteiger partial charge is 0.478 e. The molecule has 27 heavy (non-hydrogen) atoms. The van der Waals surface area contributed by atoms with Crippen LogP contribution in [0, 0.1) is 11.3 Å². The maximum Gasteiger partial charge on any atom is 0.339 e. The minimum Gasteiger partial charge on any atom is -0.478 e. The Labute approximate surface area is 157 Å². The van der Waals surface area contributed by atoms with Gasteiger partial charge in [0.05, 0.1) is 11.6 Å². The minimum atomic E-state index is -1.06. The Bertz CT molecular complexity index is 1090. The number of rotatable bonds is 3. The quantitative estimate of drug-likeness (QED) is 0.635. The number of carboxylic acid groups (broad SMARTS) is 1. The van der Waals surface area contributed by atoms with Gasteiger partial charge in [-0.15, -0.1) is 0 Å². The average Bonchev–Trinajstić information content (AvgIpc) is 2.59. The van der Waals surface area contributed by atoms with Crippen LogP contribution in [0.1, 0.15) is 42.3 Å². The second-order valence-corrected chi connectivity index (χ2v) is 7.43. The Morgan fingerprint density at radius 3 is 2.37 bits per heavy atom. The van der Waals surface area contributed by atoms with Crippen LogP contribution in [0.15, 0.2) is 48.5 Å². The summed E-state index contributed by atoms with van der Waals surface area (Å²) < 4.78 is 5.93. The number of ether oxygens (including phenoxy) is 1. The van der Waals surface area contributed by atoms with E-state index in [1.54, 1.807) is 24.3 Å². The molecule has 5 heteroatoms. The van der Waals surface area contributed by atoms with Crippen molar-refractivity contribution in [3.8, 4) is 17.6 Å². The third-order valence-electron chi connectivity index (χ3n) is 4.31. The molecule has 0 unspecified atom stereocenters. The highest BCUT2D eigenvalue weighted by molar-refractivity contribution is 5.94. The fourth-order valence-corrected chi connectivity index (χ4v) is 3.01. The van der Waals surface area contributed by atoms with E-state index in [1.807, 2.05) is 39.0 Å². The lowest BCUT2D eigenvalue weighted by Crippen LogP contribution is -2.18. The summed E-state index contributed by atoms with van der Waals surface area (Å²) in [4.78, 5) is 11.9. The number of nitrogens with zero attached hydrogens (tertiary/aromatic N) is 1. The Balaban J connectivity index is 2.10. The molecule has 0 fully saturated rings. The molecule has 0 saturated carbocycles. The van der Waals surface area contributed by atoms with Crippen molar-refractivity contribution in [1.82, 2.24) is 0 Å². The van der Waals surface area contributed by atoms with Crippen molar-refractivity contribution in [3.05, 3.63) is 65.2 Å². The molecule has 3 aromatic rings. The summed E-state index contributed by atoms with van der Waals surface area (Å²) >= 11 is 0. The second kappa shape index (κ2) is 6.65. The summed E-state index contributed by atoms with van der Waals surface area (Å²) in [5.41, 5.74) is 7.34. The smallest absolute Gasteiger partial charge is 0.339 e. The van der Waals surface area contributed by atoms with E-state index in [1.165, 1.54) is 6.07 Å². The van der Waals surface area contributed by atoms with Gasteiger partial charge in [0.1, 0.15) is 17.1 Å². The van der Waals surface area contributed by atoms with Gasteiger partial charge in [0.25, 0.3) is 0 Å². The number of carboxylic acids is 1. The van der Waals surface area contributed by atoms with Crippen molar-refractivity contribution in [2.75, 3.05) is 5.73 Å². The van der Waals surface area contributed by atoms with Crippen LogP contribution < -0.4 is 10.5 Å². The van der Waals surface area contributed by atoms with E-state index in [0.717, 1.165) is 10.8 Å². The molecule has 0 amide bonds. The first kappa shape index (κ1) is 18.3. The number of nitriles is 1. The number of aromatic carboxylic acids is 1. The molecule has 0 bridgehead atoms. The van der Waals surface area contributed by atoms with E-state index in [-0.39, 0.29) is 11.3 Å². The number of hydrogen-bond donors (Lipinski definition) is 2. The summed E-state index contributed by atoms with van der Waals surface area (Å²) in [7, 11) is 0. The predicted octanol–water partition coefficient (Wildman–Crippen LogP) is 5.08. The molecule has 3 aromatic carbocycles. The zero-order chi connectivity index (χ0) is 19.8. The second-order valence-electron chi connectivity index (χ2n) is 7.43. The molecule has 0 atom stereocenters. The van der Waals surface area contributed by atoms with Gasteiger partial charge in [-0.1, -0.05) is 32.9 Å². The summed E-state index contributed by atoms with van der Waals surface area (Å²) in [5, 5.41) is 20.6. The fourth-order valence-electron chi connectivity index (χ4n) is 3.01. The Kier molecular flexibility index (Phi) is 4.50. The number of nitrogen functional groups attached to an aromatic ring is 1. The number of anilines is 1. The maximum absolute atomic E-state index is 11.9. The zero-order valence-corrected chi connectivity index (χ0v) is 15.4. The topological polar surface area (TPSA) is 96.3 Å². The van der Waals surface area contributed by atoms with Crippen molar-refractivity contribution >= 4 is 22.4 Å². The number of benzene rings is 3. The van der Waals surface area contributed by atoms with Crippen molar-refractivity contribution in [3.63, 3.8) is 0 Å². The van der Waals surface area contributed by atoms with E-state index >= 15 is 0 Å². The molecule has 0 aliphatic carbocycles. The minimum absolute atomic E-state index is 0.108. The van der Waals surface area contributed by atoms with Gasteiger partial charge in [0.15, 0.2) is 0 Å². The third kappa shape index (κ3) is 3.70. The molecule has 0 spiro atoms. The molecular weight excluding hydrogens is 340 g/mol.